The first-order chi connectivity index (χ1) is 10.8. The number of aliphatic hydroxyl groups excluding tert-OH is 4. The van der Waals surface area contributed by atoms with Gasteiger partial charge in [0.05, 0.1) is 12.3 Å². The Morgan fingerprint density at radius 2 is 1.70 bits per heavy atom. The van der Waals surface area contributed by atoms with E-state index < -0.39 is 45.4 Å². The Bertz CT molecular complexity index is 495. The Kier molecular flexibility index (Phi) is 5.96. The smallest absolute Gasteiger partial charge is 0.186 e. The minimum Gasteiger partial charge on any atom is -0.394 e. The van der Waals surface area contributed by atoms with Crippen LogP contribution in [0.1, 0.15) is 6.92 Å². The molecule has 0 saturated carbocycles. The van der Waals surface area contributed by atoms with Crippen molar-refractivity contribution in [3.05, 3.63) is 30.3 Å². The molecule has 1 aliphatic heterocycles. The zero-order valence-corrected chi connectivity index (χ0v) is 14.7. The molecule has 1 fully saturated rings. The van der Waals surface area contributed by atoms with Crippen molar-refractivity contribution in [1.29, 1.82) is 0 Å². The van der Waals surface area contributed by atoms with Crippen LogP contribution in [0.15, 0.2) is 30.3 Å². The van der Waals surface area contributed by atoms with Crippen LogP contribution in [-0.4, -0.2) is 71.5 Å². The average molecular weight is 342 g/mol. The van der Waals surface area contributed by atoms with E-state index in [2.05, 4.69) is 25.2 Å². The maximum Gasteiger partial charge on any atom is 0.186 e. The van der Waals surface area contributed by atoms with Gasteiger partial charge in [0.1, 0.15) is 32.5 Å². The minimum atomic E-state index is -1.99. The summed E-state index contributed by atoms with van der Waals surface area (Å²) in [4.78, 5) is 0. The average Bonchev–Trinajstić information content (AvgIpc) is 2.56. The summed E-state index contributed by atoms with van der Waals surface area (Å²) in [7, 11) is -1.99. The third-order valence-electron chi connectivity index (χ3n) is 4.72. The summed E-state index contributed by atoms with van der Waals surface area (Å²) in [6.07, 6.45) is -6.19. The van der Waals surface area contributed by atoms with Crippen molar-refractivity contribution in [2.45, 2.75) is 56.5 Å². The van der Waals surface area contributed by atoms with Gasteiger partial charge in [0.15, 0.2) is 6.29 Å². The van der Waals surface area contributed by atoms with E-state index in [1.807, 2.05) is 25.1 Å². The number of hydrogen-bond donors (Lipinski definition) is 4. The van der Waals surface area contributed by atoms with Crippen molar-refractivity contribution >= 4 is 13.3 Å². The van der Waals surface area contributed by atoms with Gasteiger partial charge in [-0.25, -0.2) is 0 Å². The van der Waals surface area contributed by atoms with Crippen molar-refractivity contribution < 1.29 is 29.9 Å². The second-order valence-electron chi connectivity index (χ2n) is 6.56. The van der Waals surface area contributed by atoms with Crippen LogP contribution in [0.2, 0.25) is 13.1 Å². The van der Waals surface area contributed by atoms with E-state index in [1.54, 1.807) is 0 Å². The molecule has 0 radical (unpaired) electrons. The standard InChI is InChI=1S/C16H26O6Si/c1-10(23(2,3)11-7-5-4-6-8-11)21-16-15(20)14(19)13(18)12(9-17)22-16/h4-8,10,12-20H,9H2,1-3H3/t10?,12-,13-,14+,15-,16-/m1/s1. The number of ether oxygens (including phenoxy) is 2. The number of aliphatic hydroxyl groups is 4. The van der Waals surface area contributed by atoms with E-state index in [0.29, 0.717) is 0 Å². The van der Waals surface area contributed by atoms with E-state index in [0.717, 1.165) is 0 Å². The molecule has 1 aromatic carbocycles. The van der Waals surface area contributed by atoms with Crippen LogP contribution in [0.4, 0.5) is 0 Å². The predicted octanol–water partition coefficient (Wildman–Crippen LogP) is -0.654. The van der Waals surface area contributed by atoms with Crippen molar-refractivity contribution in [2.24, 2.45) is 0 Å². The van der Waals surface area contributed by atoms with E-state index in [4.69, 9.17) is 9.47 Å². The molecule has 0 aliphatic carbocycles. The molecule has 6 nitrogen and oxygen atoms in total. The summed E-state index contributed by atoms with van der Waals surface area (Å²) >= 11 is 0. The Balaban J connectivity index is 2.11. The molecule has 1 unspecified atom stereocenters. The molecule has 1 heterocycles. The topological polar surface area (TPSA) is 99.4 Å². The molecule has 7 heteroatoms. The quantitative estimate of drug-likeness (QED) is 0.531. The molecule has 4 N–H and O–H groups in total. The molecule has 0 aromatic heterocycles. The Morgan fingerprint density at radius 1 is 1.09 bits per heavy atom. The van der Waals surface area contributed by atoms with Crippen LogP contribution in [0.25, 0.3) is 0 Å². The van der Waals surface area contributed by atoms with Crippen LogP contribution in [0.3, 0.4) is 0 Å². The van der Waals surface area contributed by atoms with Crippen LogP contribution in [-0.2, 0) is 9.47 Å². The number of rotatable bonds is 5. The van der Waals surface area contributed by atoms with Gasteiger partial charge in [0.25, 0.3) is 0 Å². The van der Waals surface area contributed by atoms with Gasteiger partial charge in [0, 0.05) is 0 Å². The van der Waals surface area contributed by atoms with Gasteiger partial charge in [-0.15, -0.1) is 0 Å². The summed E-state index contributed by atoms with van der Waals surface area (Å²) in [5.41, 5.74) is -0.202. The van der Waals surface area contributed by atoms with Gasteiger partial charge in [-0.2, -0.15) is 0 Å². The number of hydrogen-bond acceptors (Lipinski definition) is 6. The van der Waals surface area contributed by atoms with E-state index in [9.17, 15) is 20.4 Å². The third-order valence-corrected chi connectivity index (χ3v) is 8.71. The second kappa shape index (κ2) is 7.39. The van der Waals surface area contributed by atoms with Gasteiger partial charge in [-0.1, -0.05) is 48.6 Å². The van der Waals surface area contributed by atoms with Gasteiger partial charge in [-0.3, -0.25) is 0 Å². The second-order valence-corrected chi connectivity index (χ2v) is 11.4. The maximum atomic E-state index is 10.1. The van der Waals surface area contributed by atoms with Gasteiger partial charge in [0.2, 0.25) is 0 Å². The van der Waals surface area contributed by atoms with Crippen molar-refractivity contribution in [3.8, 4) is 0 Å². The van der Waals surface area contributed by atoms with Gasteiger partial charge >= 0.3 is 0 Å². The minimum absolute atomic E-state index is 0.202. The highest BCUT2D eigenvalue weighted by atomic mass is 28.3. The monoisotopic (exact) mass is 342 g/mol. The highest BCUT2D eigenvalue weighted by molar-refractivity contribution is 6.90. The lowest BCUT2D eigenvalue weighted by atomic mass is 9.99. The molecule has 0 amide bonds. The molecule has 1 aromatic rings. The van der Waals surface area contributed by atoms with Gasteiger partial charge < -0.3 is 29.9 Å². The maximum absolute atomic E-state index is 10.1. The summed E-state index contributed by atoms with van der Waals surface area (Å²) in [6, 6.07) is 10.0. The molecular formula is C16H26O6Si. The summed E-state index contributed by atoms with van der Waals surface area (Å²) in [5, 5.41) is 40.2. The highest BCUT2D eigenvalue weighted by Gasteiger charge is 2.46. The largest absolute Gasteiger partial charge is 0.394 e. The van der Waals surface area contributed by atoms with Crippen LogP contribution < -0.4 is 5.19 Å². The first-order valence-corrected chi connectivity index (χ1v) is 10.9. The van der Waals surface area contributed by atoms with Gasteiger partial charge in [-0.05, 0) is 6.92 Å². The molecular weight excluding hydrogens is 316 g/mol. The lowest BCUT2D eigenvalue weighted by Crippen LogP contribution is -2.62. The molecule has 1 aliphatic rings. The fourth-order valence-corrected chi connectivity index (χ4v) is 4.65. The highest BCUT2D eigenvalue weighted by Crippen LogP contribution is 2.25. The van der Waals surface area contributed by atoms with Crippen LogP contribution in [0.5, 0.6) is 0 Å². The summed E-state index contributed by atoms with van der Waals surface area (Å²) < 4.78 is 11.3. The summed E-state index contributed by atoms with van der Waals surface area (Å²) in [5.74, 6) is 0. The fourth-order valence-electron chi connectivity index (χ4n) is 2.65. The molecule has 130 valence electrons. The molecule has 23 heavy (non-hydrogen) atoms. The van der Waals surface area contributed by atoms with Crippen molar-refractivity contribution in [1.82, 2.24) is 0 Å². The fraction of sp³-hybridized carbons (Fsp3) is 0.625. The first-order valence-electron chi connectivity index (χ1n) is 7.80. The van der Waals surface area contributed by atoms with Crippen molar-refractivity contribution in [3.63, 3.8) is 0 Å². The molecule has 0 spiro atoms. The third kappa shape index (κ3) is 3.82. The lowest BCUT2D eigenvalue weighted by Gasteiger charge is -2.42. The zero-order valence-electron chi connectivity index (χ0n) is 13.7. The molecule has 1 saturated heterocycles. The normalized spacial score (nSPS) is 33.4. The Hall–Kier alpha value is -0.803. The molecule has 0 bridgehead atoms. The first kappa shape index (κ1) is 18.5. The summed E-state index contributed by atoms with van der Waals surface area (Å²) in [6.45, 7) is 5.76. The van der Waals surface area contributed by atoms with Crippen molar-refractivity contribution in [2.75, 3.05) is 6.61 Å². The van der Waals surface area contributed by atoms with E-state index in [-0.39, 0.29) is 5.73 Å². The Labute approximate surface area is 137 Å². The van der Waals surface area contributed by atoms with Crippen LogP contribution >= 0.6 is 0 Å². The molecule has 6 atom stereocenters. The predicted molar refractivity (Wildman–Crippen MR) is 87.9 cm³/mol. The Morgan fingerprint density at radius 3 is 2.26 bits per heavy atom. The van der Waals surface area contributed by atoms with Crippen LogP contribution in [0, 0.1) is 0 Å². The van der Waals surface area contributed by atoms with E-state index >= 15 is 0 Å². The van der Waals surface area contributed by atoms with E-state index in [1.165, 1.54) is 5.19 Å². The SMILES string of the molecule is CC(O[C@@H]1O[C@H](CO)[C@@H](O)[C@H](O)[C@H]1O)[Si](C)(C)c1ccccc1. The number of benzene rings is 1. The molecule has 2 rings (SSSR count). The zero-order chi connectivity index (χ0) is 17.2. The lowest BCUT2D eigenvalue weighted by molar-refractivity contribution is -0.304.